The smallest absolute Gasteiger partial charge is 0.305 e. The van der Waals surface area contributed by atoms with E-state index < -0.39 is 12.0 Å². The normalized spacial score (nSPS) is 16.2. The van der Waals surface area contributed by atoms with Gasteiger partial charge in [-0.2, -0.15) is 5.21 Å². The summed E-state index contributed by atoms with van der Waals surface area (Å²) in [6.07, 6.45) is 8.23. The standard InChI is InChI=1S/C28H33N7O3/c1-2-3-4-5-12-25(28(38)34-15-8-9-20(34)17-26(36)37)35-18-29-23-16-19(13-14-24(23)35)21-10-6-7-11-22(21)27-30-32-33-31-27/h6-7,10-11,13-14,16,18,20,25H,2-5,8-9,12,15,17H2,1H3,(H,36,37)(H,30,31,32,33). The van der Waals surface area contributed by atoms with Crippen LogP contribution in [0.2, 0.25) is 0 Å². The Morgan fingerprint density at radius 2 is 1.97 bits per heavy atom. The number of rotatable bonds is 11. The van der Waals surface area contributed by atoms with Gasteiger partial charge in [-0.3, -0.25) is 9.59 Å². The van der Waals surface area contributed by atoms with E-state index in [-0.39, 0.29) is 18.4 Å². The highest BCUT2D eigenvalue weighted by molar-refractivity contribution is 5.89. The Kier molecular flexibility index (Phi) is 7.76. The molecule has 0 bridgehead atoms. The van der Waals surface area contributed by atoms with E-state index in [9.17, 15) is 14.7 Å². The molecule has 2 aromatic carbocycles. The van der Waals surface area contributed by atoms with E-state index in [2.05, 4.69) is 32.5 Å². The molecule has 0 radical (unpaired) electrons. The van der Waals surface area contributed by atoms with Crippen molar-refractivity contribution in [1.82, 2.24) is 35.1 Å². The Hall–Kier alpha value is -4.08. The first-order chi connectivity index (χ1) is 18.6. The largest absolute Gasteiger partial charge is 0.481 e. The molecule has 2 atom stereocenters. The van der Waals surface area contributed by atoms with E-state index in [1.807, 2.05) is 47.0 Å². The molecule has 198 valence electrons. The molecule has 4 aromatic rings. The number of benzene rings is 2. The molecule has 10 nitrogen and oxygen atoms in total. The fourth-order valence-electron chi connectivity index (χ4n) is 5.53. The number of imidazole rings is 1. The molecule has 10 heteroatoms. The third-order valence-electron chi connectivity index (χ3n) is 7.42. The van der Waals surface area contributed by atoms with E-state index >= 15 is 0 Å². The Balaban J connectivity index is 1.47. The van der Waals surface area contributed by atoms with Gasteiger partial charge in [0.1, 0.15) is 6.04 Å². The van der Waals surface area contributed by atoms with Crippen LogP contribution in [-0.4, -0.2) is 64.6 Å². The van der Waals surface area contributed by atoms with Gasteiger partial charge in [0.15, 0.2) is 0 Å². The van der Waals surface area contributed by atoms with Crippen LogP contribution < -0.4 is 0 Å². The van der Waals surface area contributed by atoms with Crippen LogP contribution in [0.25, 0.3) is 33.5 Å². The predicted octanol–water partition coefficient (Wildman–Crippen LogP) is 4.86. The summed E-state index contributed by atoms with van der Waals surface area (Å²) in [6, 6.07) is 13.3. The van der Waals surface area contributed by atoms with E-state index in [0.29, 0.717) is 18.8 Å². The number of nitrogens with zero attached hydrogens (tertiary/aromatic N) is 6. The molecule has 38 heavy (non-hydrogen) atoms. The summed E-state index contributed by atoms with van der Waals surface area (Å²) < 4.78 is 1.98. The number of amides is 1. The number of carboxylic acid groups (broad SMARTS) is 1. The van der Waals surface area contributed by atoms with Crippen molar-refractivity contribution < 1.29 is 14.7 Å². The number of fused-ring (bicyclic) bond motifs is 1. The van der Waals surface area contributed by atoms with Crippen LogP contribution in [0.3, 0.4) is 0 Å². The number of aliphatic carboxylic acids is 1. The summed E-state index contributed by atoms with van der Waals surface area (Å²) in [4.78, 5) is 31.8. The summed E-state index contributed by atoms with van der Waals surface area (Å²) in [5.74, 6) is -0.350. The number of carbonyl (C=O) groups is 2. The van der Waals surface area contributed by atoms with Gasteiger partial charge in [-0.1, -0.05) is 62.9 Å². The highest BCUT2D eigenvalue weighted by Crippen LogP contribution is 2.33. The fourth-order valence-corrected chi connectivity index (χ4v) is 5.53. The monoisotopic (exact) mass is 515 g/mol. The van der Waals surface area contributed by atoms with E-state index in [1.165, 1.54) is 0 Å². The van der Waals surface area contributed by atoms with Crippen LogP contribution in [0.1, 0.15) is 64.3 Å². The molecular weight excluding hydrogens is 482 g/mol. The maximum absolute atomic E-state index is 13.9. The van der Waals surface area contributed by atoms with Gasteiger partial charge in [-0.05, 0) is 47.7 Å². The zero-order valence-electron chi connectivity index (χ0n) is 21.6. The number of hydrogen-bond donors (Lipinski definition) is 2. The number of likely N-dealkylation sites (tertiary alicyclic amines) is 1. The van der Waals surface area contributed by atoms with Crippen molar-refractivity contribution >= 4 is 22.9 Å². The Bertz CT molecular complexity index is 1400. The summed E-state index contributed by atoms with van der Waals surface area (Å²) >= 11 is 0. The molecule has 1 amide bonds. The topological polar surface area (TPSA) is 130 Å². The van der Waals surface area contributed by atoms with Crippen molar-refractivity contribution in [3.63, 3.8) is 0 Å². The van der Waals surface area contributed by atoms with Crippen molar-refractivity contribution in [2.24, 2.45) is 0 Å². The molecule has 0 spiro atoms. The van der Waals surface area contributed by atoms with Gasteiger partial charge in [-0.15, -0.1) is 10.2 Å². The van der Waals surface area contributed by atoms with Crippen LogP contribution in [-0.2, 0) is 9.59 Å². The third-order valence-corrected chi connectivity index (χ3v) is 7.42. The highest BCUT2D eigenvalue weighted by Gasteiger charge is 2.35. The first kappa shape index (κ1) is 25.6. The van der Waals surface area contributed by atoms with Crippen molar-refractivity contribution in [3.8, 4) is 22.5 Å². The second-order valence-electron chi connectivity index (χ2n) is 9.93. The quantitative estimate of drug-likeness (QED) is 0.273. The summed E-state index contributed by atoms with van der Waals surface area (Å²) in [5, 5.41) is 23.9. The molecule has 0 aliphatic carbocycles. The molecule has 2 unspecified atom stereocenters. The third kappa shape index (κ3) is 5.29. The van der Waals surface area contributed by atoms with Gasteiger partial charge < -0.3 is 14.6 Å². The zero-order chi connectivity index (χ0) is 26.5. The lowest BCUT2D eigenvalue weighted by Gasteiger charge is -2.29. The molecule has 2 aromatic heterocycles. The van der Waals surface area contributed by atoms with Crippen LogP contribution in [0.5, 0.6) is 0 Å². The Labute approximate surface area is 221 Å². The lowest BCUT2D eigenvalue weighted by Crippen LogP contribution is -2.41. The van der Waals surface area contributed by atoms with Crippen molar-refractivity contribution in [2.75, 3.05) is 6.54 Å². The van der Waals surface area contributed by atoms with Gasteiger partial charge in [0, 0.05) is 18.2 Å². The van der Waals surface area contributed by atoms with Gasteiger partial charge in [0.25, 0.3) is 0 Å². The van der Waals surface area contributed by atoms with E-state index in [1.54, 1.807) is 11.2 Å². The number of carbonyl (C=O) groups excluding carboxylic acids is 1. The maximum Gasteiger partial charge on any atom is 0.305 e. The van der Waals surface area contributed by atoms with Crippen LogP contribution >= 0.6 is 0 Å². The molecule has 1 aliphatic heterocycles. The number of nitrogens with one attached hydrogen (secondary N) is 1. The van der Waals surface area contributed by atoms with Crippen LogP contribution in [0, 0.1) is 0 Å². The van der Waals surface area contributed by atoms with Crippen molar-refractivity contribution in [3.05, 3.63) is 48.8 Å². The van der Waals surface area contributed by atoms with Crippen LogP contribution in [0.15, 0.2) is 48.8 Å². The number of aromatic nitrogens is 6. The van der Waals surface area contributed by atoms with Crippen molar-refractivity contribution in [1.29, 1.82) is 0 Å². The number of carboxylic acids is 1. The number of tetrazole rings is 1. The lowest BCUT2D eigenvalue weighted by molar-refractivity contribution is -0.141. The molecule has 0 saturated carbocycles. The van der Waals surface area contributed by atoms with E-state index in [4.69, 9.17) is 0 Å². The number of unbranched alkanes of at least 4 members (excludes halogenated alkanes) is 3. The molecule has 2 N–H and O–H groups in total. The fraction of sp³-hybridized carbons (Fsp3) is 0.429. The summed E-state index contributed by atoms with van der Waals surface area (Å²) in [5.41, 5.74) is 4.47. The minimum atomic E-state index is -0.865. The SMILES string of the molecule is CCCCCCC(C(=O)N1CCCC1CC(=O)O)n1cnc2cc(-c3ccccc3-c3nn[nH]n3)ccc21. The van der Waals surface area contributed by atoms with Gasteiger partial charge in [0.05, 0.1) is 23.8 Å². The minimum Gasteiger partial charge on any atom is -0.481 e. The van der Waals surface area contributed by atoms with Gasteiger partial charge in [0.2, 0.25) is 11.7 Å². The second kappa shape index (κ2) is 11.5. The molecule has 1 fully saturated rings. The molecule has 5 rings (SSSR count). The van der Waals surface area contributed by atoms with Crippen molar-refractivity contribution in [2.45, 2.75) is 70.4 Å². The van der Waals surface area contributed by atoms with E-state index in [0.717, 1.165) is 66.2 Å². The number of hydrogen-bond acceptors (Lipinski definition) is 6. The first-order valence-corrected chi connectivity index (χ1v) is 13.4. The first-order valence-electron chi connectivity index (χ1n) is 13.4. The minimum absolute atomic E-state index is 0.00363. The Morgan fingerprint density at radius 3 is 2.74 bits per heavy atom. The number of H-pyrrole nitrogens is 1. The highest BCUT2D eigenvalue weighted by atomic mass is 16.4. The molecular formula is C28H33N7O3. The average molecular weight is 516 g/mol. The summed E-state index contributed by atoms with van der Waals surface area (Å²) in [7, 11) is 0. The van der Waals surface area contributed by atoms with Crippen LogP contribution in [0.4, 0.5) is 0 Å². The lowest BCUT2D eigenvalue weighted by atomic mass is 9.98. The molecule has 1 saturated heterocycles. The predicted molar refractivity (Wildman–Crippen MR) is 143 cm³/mol. The molecule has 1 aliphatic rings. The molecule has 3 heterocycles. The average Bonchev–Trinajstić information content (AvgIpc) is 3.69. The second-order valence-corrected chi connectivity index (χ2v) is 9.93. The summed E-state index contributed by atoms with van der Waals surface area (Å²) in [6.45, 7) is 2.77. The van der Waals surface area contributed by atoms with Gasteiger partial charge in [-0.25, -0.2) is 4.98 Å². The zero-order valence-corrected chi connectivity index (χ0v) is 21.6. The number of aromatic amines is 1. The van der Waals surface area contributed by atoms with Gasteiger partial charge >= 0.3 is 5.97 Å². The Morgan fingerprint density at radius 1 is 1.13 bits per heavy atom. The maximum atomic E-state index is 13.9.